The van der Waals surface area contributed by atoms with Gasteiger partial charge in [0, 0.05) is 4.47 Å². The van der Waals surface area contributed by atoms with Gasteiger partial charge in [-0.1, -0.05) is 22.0 Å². The summed E-state index contributed by atoms with van der Waals surface area (Å²) in [6.07, 6.45) is 1.38. The van der Waals surface area contributed by atoms with Crippen molar-refractivity contribution in [1.29, 1.82) is 0 Å². The van der Waals surface area contributed by atoms with Crippen LogP contribution in [0.3, 0.4) is 0 Å². The summed E-state index contributed by atoms with van der Waals surface area (Å²) in [5.74, 6) is 0. The molecule has 7 heteroatoms. The number of hydrogen-bond acceptors (Lipinski definition) is 4. The first-order valence-corrected chi connectivity index (χ1v) is 7.37. The average molecular weight is 331 g/mol. The Labute approximate surface area is 113 Å². The van der Waals surface area contributed by atoms with E-state index in [1.165, 1.54) is 12.3 Å². The van der Waals surface area contributed by atoms with Gasteiger partial charge in [-0.05, 0) is 31.5 Å². The molecule has 1 aromatic heterocycles. The number of rotatable bonds is 3. The summed E-state index contributed by atoms with van der Waals surface area (Å²) in [7, 11) is -3.69. The minimum atomic E-state index is -3.69. The Bertz CT molecular complexity index is 679. The van der Waals surface area contributed by atoms with Crippen molar-refractivity contribution in [2.24, 2.45) is 0 Å². The minimum Gasteiger partial charge on any atom is -0.431 e. The van der Waals surface area contributed by atoms with Crippen LogP contribution in [-0.2, 0) is 10.0 Å². The molecule has 0 amide bonds. The number of hydrogen-bond donors (Lipinski definition) is 1. The second kappa shape index (κ2) is 4.74. The summed E-state index contributed by atoms with van der Waals surface area (Å²) < 4.78 is 32.3. The third-order valence-electron chi connectivity index (χ3n) is 2.28. The maximum Gasteiger partial charge on any atom is 0.309 e. The van der Waals surface area contributed by atoms with E-state index in [1.54, 1.807) is 26.0 Å². The van der Waals surface area contributed by atoms with Crippen LogP contribution >= 0.6 is 15.9 Å². The van der Waals surface area contributed by atoms with E-state index < -0.39 is 10.0 Å². The van der Waals surface area contributed by atoms with Crippen molar-refractivity contribution in [3.05, 3.63) is 40.2 Å². The first-order valence-electron chi connectivity index (χ1n) is 5.09. The normalized spacial score (nSPS) is 11.5. The monoisotopic (exact) mass is 330 g/mol. The summed E-state index contributed by atoms with van der Waals surface area (Å²) >= 11 is 3.25. The Morgan fingerprint density at radius 3 is 2.67 bits per heavy atom. The third kappa shape index (κ3) is 2.73. The second-order valence-electron chi connectivity index (χ2n) is 3.81. The largest absolute Gasteiger partial charge is 0.431 e. The van der Waals surface area contributed by atoms with Crippen molar-refractivity contribution in [3.63, 3.8) is 0 Å². The van der Waals surface area contributed by atoms with Gasteiger partial charge < -0.3 is 4.42 Å². The molecule has 2 aromatic rings. The van der Waals surface area contributed by atoms with Crippen LogP contribution in [-0.4, -0.2) is 13.4 Å². The molecule has 0 spiro atoms. The standard InChI is InChI=1S/C11H11BrN2O3S/c1-7-3-4-9(12)5-10(7)18(15,16)14-11-13-8(2)6-17-11/h3-6H,1-2H3,(H,13,14). The minimum absolute atomic E-state index is 0.0353. The molecule has 0 saturated heterocycles. The zero-order valence-electron chi connectivity index (χ0n) is 9.77. The second-order valence-corrected chi connectivity index (χ2v) is 6.38. The Morgan fingerprint density at radius 1 is 1.33 bits per heavy atom. The number of aromatic nitrogens is 1. The lowest BCUT2D eigenvalue weighted by molar-refractivity contribution is 0.569. The average Bonchev–Trinajstić information content (AvgIpc) is 2.66. The molecule has 1 aromatic carbocycles. The first kappa shape index (κ1) is 13.1. The molecule has 0 atom stereocenters. The summed E-state index contributed by atoms with van der Waals surface area (Å²) in [4.78, 5) is 4.09. The first-order chi connectivity index (χ1) is 8.38. The quantitative estimate of drug-likeness (QED) is 0.939. The van der Waals surface area contributed by atoms with Crippen LogP contribution in [0.15, 0.2) is 38.2 Å². The van der Waals surface area contributed by atoms with Gasteiger partial charge in [-0.2, -0.15) is 4.98 Å². The van der Waals surface area contributed by atoms with Crippen LogP contribution in [0.25, 0.3) is 0 Å². The topological polar surface area (TPSA) is 72.2 Å². The third-order valence-corrected chi connectivity index (χ3v) is 4.24. The molecule has 1 N–H and O–H groups in total. The molecule has 0 bridgehead atoms. The molecule has 0 aliphatic rings. The van der Waals surface area contributed by atoms with Gasteiger partial charge in [0.2, 0.25) is 0 Å². The zero-order chi connectivity index (χ0) is 13.3. The molecule has 0 aliphatic heterocycles. The predicted molar refractivity (Wildman–Crippen MR) is 70.9 cm³/mol. The van der Waals surface area contributed by atoms with E-state index in [-0.39, 0.29) is 10.9 Å². The number of nitrogens with one attached hydrogen (secondary N) is 1. The summed E-state index contributed by atoms with van der Waals surface area (Å²) in [6, 6.07) is 5.00. The van der Waals surface area contributed by atoms with Crippen LogP contribution in [0.1, 0.15) is 11.3 Å². The Hall–Kier alpha value is -1.34. The van der Waals surface area contributed by atoms with Gasteiger partial charge in [0.1, 0.15) is 6.26 Å². The van der Waals surface area contributed by atoms with E-state index in [2.05, 4.69) is 25.6 Å². The molecule has 2 rings (SSSR count). The van der Waals surface area contributed by atoms with Gasteiger partial charge in [-0.15, -0.1) is 0 Å². The fourth-order valence-electron chi connectivity index (χ4n) is 1.43. The molecule has 0 saturated carbocycles. The number of anilines is 1. The highest BCUT2D eigenvalue weighted by atomic mass is 79.9. The highest BCUT2D eigenvalue weighted by molar-refractivity contribution is 9.10. The molecule has 96 valence electrons. The maximum atomic E-state index is 12.2. The smallest absolute Gasteiger partial charge is 0.309 e. The molecule has 1 heterocycles. The molecule has 5 nitrogen and oxygen atoms in total. The Balaban J connectivity index is 2.39. The van der Waals surface area contributed by atoms with E-state index in [1.807, 2.05) is 0 Å². The van der Waals surface area contributed by atoms with Gasteiger partial charge >= 0.3 is 6.01 Å². The Kier molecular flexibility index (Phi) is 3.45. The predicted octanol–water partition coefficient (Wildman–Crippen LogP) is 2.85. The lowest BCUT2D eigenvalue weighted by atomic mass is 10.2. The van der Waals surface area contributed by atoms with Gasteiger partial charge in [-0.3, -0.25) is 0 Å². The van der Waals surface area contributed by atoms with E-state index in [0.717, 1.165) is 0 Å². The van der Waals surface area contributed by atoms with Crippen molar-refractivity contribution in [1.82, 2.24) is 4.98 Å². The molecule has 18 heavy (non-hydrogen) atoms. The number of aryl methyl sites for hydroxylation is 2. The van der Waals surface area contributed by atoms with Crippen molar-refractivity contribution >= 4 is 32.0 Å². The lowest BCUT2D eigenvalue weighted by Gasteiger charge is -2.07. The number of oxazole rings is 1. The number of sulfonamides is 1. The fraction of sp³-hybridized carbons (Fsp3) is 0.182. The number of benzene rings is 1. The van der Waals surface area contributed by atoms with Crippen molar-refractivity contribution in [3.8, 4) is 0 Å². The molecular weight excluding hydrogens is 320 g/mol. The fourth-order valence-corrected chi connectivity index (χ4v) is 3.15. The van der Waals surface area contributed by atoms with Crippen LogP contribution in [0.2, 0.25) is 0 Å². The summed E-state index contributed by atoms with van der Waals surface area (Å²) in [5.41, 5.74) is 1.26. The molecule has 0 aliphatic carbocycles. The lowest BCUT2D eigenvalue weighted by Crippen LogP contribution is -2.14. The van der Waals surface area contributed by atoms with Crippen molar-refractivity contribution < 1.29 is 12.8 Å². The summed E-state index contributed by atoms with van der Waals surface area (Å²) in [6.45, 7) is 3.44. The molecule has 0 fully saturated rings. The van der Waals surface area contributed by atoms with Crippen LogP contribution in [0.4, 0.5) is 6.01 Å². The molecular formula is C11H11BrN2O3S. The van der Waals surface area contributed by atoms with Gasteiger partial charge in [-0.25, -0.2) is 13.1 Å². The van der Waals surface area contributed by atoms with Crippen LogP contribution in [0, 0.1) is 13.8 Å². The SMILES string of the molecule is Cc1coc(NS(=O)(=O)c2cc(Br)ccc2C)n1. The van der Waals surface area contributed by atoms with E-state index in [4.69, 9.17) is 4.42 Å². The highest BCUT2D eigenvalue weighted by Gasteiger charge is 2.19. The van der Waals surface area contributed by atoms with Gasteiger partial charge in [0.15, 0.2) is 0 Å². The zero-order valence-corrected chi connectivity index (χ0v) is 12.2. The Morgan fingerprint density at radius 2 is 2.06 bits per heavy atom. The maximum absolute atomic E-state index is 12.2. The van der Waals surface area contributed by atoms with Gasteiger partial charge in [0.05, 0.1) is 10.6 Å². The van der Waals surface area contributed by atoms with Crippen molar-refractivity contribution in [2.45, 2.75) is 18.7 Å². The molecule has 0 unspecified atom stereocenters. The summed E-state index contributed by atoms with van der Waals surface area (Å²) in [5, 5.41) is 0. The van der Waals surface area contributed by atoms with Crippen LogP contribution in [0.5, 0.6) is 0 Å². The van der Waals surface area contributed by atoms with E-state index in [9.17, 15) is 8.42 Å². The van der Waals surface area contributed by atoms with E-state index in [0.29, 0.717) is 15.7 Å². The van der Waals surface area contributed by atoms with Crippen LogP contribution < -0.4 is 4.72 Å². The number of halogens is 1. The van der Waals surface area contributed by atoms with E-state index >= 15 is 0 Å². The molecule has 0 radical (unpaired) electrons. The van der Waals surface area contributed by atoms with Gasteiger partial charge in [0.25, 0.3) is 10.0 Å². The highest BCUT2D eigenvalue weighted by Crippen LogP contribution is 2.22. The number of nitrogens with zero attached hydrogens (tertiary/aromatic N) is 1. The van der Waals surface area contributed by atoms with Crippen molar-refractivity contribution in [2.75, 3.05) is 4.72 Å².